The zero-order valence-corrected chi connectivity index (χ0v) is 14.2. The number of hydrogen-bond donors (Lipinski definition) is 2. The van der Waals surface area contributed by atoms with E-state index in [0.29, 0.717) is 11.8 Å². The van der Waals surface area contributed by atoms with Crippen molar-refractivity contribution in [2.45, 2.75) is 52.0 Å². The molecule has 0 bridgehead atoms. The van der Waals surface area contributed by atoms with Crippen molar-refractivity contribution in [1.82, 2.24) is 10.2 Å². The Kier molecular flexibility index (Phi) is 7.35. The Bertz CT molecular complexity index is 349. The monoisotopic (exact) mass is 316 g/mol. The number of nitrogens with one attached hydrogen (secondary N) is 1. The van der Waals surface area contributed by atoms with Gasteiger partial charge in [0.05, 0.1) is 0 Å². The van der Waals surface area contributed by atoms with Gasteiger partial charge in [0.2, 0.25) is 0 Å². The highest BCUT2D eigenvalue weighted by atomic mass is 32.2. The Balaban J connectivity index is 2.51. The van der Waals surface area contributed by atoms with E-state index in [2.05, 4.69) is 19.2 Å². The van der Waals surface area contributed by atoms with E-state index in [1.807, 2.05) is 6.26 Å². The van der Waals surface area contributed by atoms with Crippen LogP contribution in [0.3, 0.4) is 0 Å². The van der Waals surface area contributed by atoms with Crippen molar-refractivity contribution < 1.29 is 14.7 Å². The maximum atomic E-state index is 12.2. The molecule has 0 radical (unpaired) electrons. The molecule has 1 saturated heterocycles. The first-order valence-electron chi connectivity index (χ1n) is 7.75. The van der Waals surface area contributed by atoms with Crippen LogP contribution in [-0.2, 0) is 4.79 Å². The number of carbonyl (C=O) groups excluding carboxylic acids is 1. The van der Waals surface area contributed by atoms with E-state index in [-0.39, 0.29) is 6.03 Å². The summed E-state index contributed by atoms with van der Waals surface area (Å²) in [6.45, 7) is 5.87. The summed E-state index contributed by atoms with van der Waals surface area (Å²) in [5.74, 6) is -0.225. The van der Waals surface area contributed by atoms with Crippen molar-refractivity contribution in [3.63, 3.8) is 0 Å². The van der Waals surface area contributed by atoms with Gasteiger partial charge in [0.1, 0.15) is 6.04 Å². The molecule has 0 spiro atoms. The van der Waals surface area contributed by atoms with Crippen molar-refractivity contribution in [2.75, 3.05) is 25.1 Å². The number of carboxylic acid groups (broad SMARTS) is 1. The number of thioether (sulfide) groups is 1. The Morgan fingerprint density at radius 2 is 1.86 bits per heavy atom. The van der Waals surface area contributed by atoms with Crippen LogP contribution in [0, 0.1) is 5.41 Å². The zero-order chi connectivity index (χ0) is 15.9. The zero-order valence-electron chi connectivity index (χ0n) is 13.4. The molecule has 122 valence electrons. The van der Waals surface area contributed by atoms with Gasteiger partial charge in [0.25, 0.3) is 0 Å². The summed E-state index contributed by atoms with van der Waals surface area (Å²) < 4.78 is 0. The summed E-state index contributed by atoms with van der Waals surface area (Å²) in [7, 11) is 0. The standard InChI is InChI=1S/C15H28N2O3S/c1-4-15(5-2)7-9-17(10-8-15)14(20)16-12(13(18)19)6-11-21-3/h12H,4-11H2,1-3H3,(H,16,20)(H,18,19). The second-order valence-corrected chi connectivity index (χ2v) is 6.80. The average molecular weight is 316 g/mol. The molecule has 5 nitrogen and oxygen atoms in total. The molecule has 0 aliphatic carbocycles. The molecule has 1 unspecified atom stereocenters. The molecule has 21 heavy (non-hydrogen) atoms. The average Bonchev–Trinajstić information content (AvgIpc) is 2.51. The molecule has 1 fully saturated rings. The Morgan fingerprint density at radius 1 is 1.29 bits per heavy atom. The molecule has 1 rings (SSSR count). The lowest BCUT2D eigenvalue weighted by Crippen LogP contribution is -2.51. The number of rotatable bonds is 7. The molecular formula is C15H28N2O3S. The SMILES string of the molecule is CCC1(CC)CCN(C(=O)NC(CCSC)C(=O)O)CC1. The third-order valence-corrected chi connectivity index (χ3v) is 5.46. The summed E-state index contributed by atoms with van der Waals surface area (Å²) in [5.41, 5.74) is 0.363. The number of carboxylic acids is 1. The highest BCUT2D eigenvalue weighted by Gasteiger charge is 2.33. The molecule has 2 amide bonds. The van der Waals surface area contributed by atoms with E-state index in [1.165, 1.54) is 0 Å². The second kappa shape index (κ2) is 8.51. The number of hydrogen-bond acceptors (Lipinski definition) is 3. The molecule has 0 aromatic carbocycles. The third-order valence-electron chi connectivity index (χ3n) is 4.82. The van der Waals surface area contributed by atoms with E-state index in [9.17, 15) is 9.59 Å². The molecule has 0 aromatic rings. The van der Waals surface area contributed by atoms with Gasteiger partial charge in [-0.05, 0) is 36.7 Å². The van der Waals surface area contributed by atoms with E-state index < -0.39 is 12.0 Å². The highest BCUT2D eigenvalue weighted by Crippen LogP contribution is 2.37. The van der Waals surface area contributed by atoms with Gasteiger partial charge in [-0.15, -0.1) is 0 Å². The minimum absolute atomic E-state index is 0.232. The van der Waals surface area contributed by atoms with Crippen LogP contribution in [0.25, 0.3) is 0 Å². The van der Waals surface area contributed by atoms with Gasteiger partial charge in [-0.1, -0.05) is 26.7 Å². The third kappa shape index (κ3) is 5.09. The number of urea groups is 1. The van der Waals surface area contributed by atoms with Crippen molar-refractivity contribution in [1.29, 1.82) is 0 Å². The first-order chi connectivity index (χ1) is 9.98. The highest BCUT2D eigenvalue weighted by molar-refractivity contribution is 7.98. The maximum absolute atomic E-state index is 12.2. The Labute approximate surface area is 131 Å². The number of likely N-dealkylation sites (tertiary alicyclic amines) is 1. The van der Waals surface area contributed by atoms with Gasteiger partial charge in [0.15, 0.2) is 0 Å². The molecule has 1 aliphatic rings. The minimum Gasteiger partial charge on any atom is -0.480 e. The van der Waals surface area contributed by atoms with Crippen LogP contribution in [0.4, 0.5) is 4.79 Å². The number of piperidine rings is 1. The van der Waals surface area contributed by atoms with Gasteiger partial charge in [-0.25, -0.2) is 9.59 Å². The Morgan fingerprint density at radius 3 is 2.29 bits per heavy atom. The van der Waals surface area contributed by atoms with Gasteiger partial charge >= 0.3 is 12.0 Å². The van der Waals surface area contributed by atoms with Crippen LogP contribution in [0.5, 0.6) is 0 Å². The minimum atomic E-state index is -0.953. The molecule has 0 aromatic heterocycles. The predicted molar refractivity (Wildman–Crippen MR) is 86.8 cm³/mol. The quantitative estimate of drug-likeness (QED) is 0.758. The van der Waals surface area contributed by atoms with E-state index in [0.717, 1.165) is 44.5 Å². The van der Waals surface area contributed by atoms with Crippen molar-refractivity contribution in [3.8, 4) is 0 Å². The smallest absolute Gasteiger partial charge is 0.326 e. The largest absolute Gasteiger partial charge is 0.480 e. The molecule has 1 heterocycles. The van der Waals surface area contributed by atoms with Crippen LogP contribution >= 0.6 is 11.8 Å². The van der Waals surface area contributed by atoms with E-state index >= 15 is 0 Å². The van der Waals surface area contributed by atoms with Crippen molar-refractivity contribution in [3.05, 3.63) is 0 Å². The normalized spacial score (nSPS) is 19.1. The van der Waals surface area contributed by atoms with Crippen LogP contribution in [0.15, 0.2) is 0 Å². The van der Waals surface area contributed by atoms with Crippen molar-refractivity contribution >= 4 is 23.8 Å². The summed E-state index contributed by atoms with van der Waals surface area (Å²) >= 11 is 1.59. The molecule has 1 aliphatic heterocycles. The van der Waals surface area contributed by atoms with Crippen LogP contribution in [0.2, 0.25) is 0 Å². The lowest BCUT2D eigenvalue weighted by molar-refractivity contribution is -0.139. The molecule has 6 heteroatoms. The first-order valence-corrected chi connectivity index (χ1v) is 9.14. The van der Waals surface area contributed by atoms with Crippen LogP contribution < -0.4 is 5.32 Å². The molecule has 2 N–H and O–H groups in total. The van der Waals surface area contributed by atoms with E-state index in [1.54, 1.807) is 16.7 Å². The number of nitrogens with zero attached hydrogens (tertiary/aromatic N) is 1. The van der Waals surface area contributed by atoms with E-state index in [4.69, 9.17) is 5.11 Å². The molecule has 0 saturated carbocycles. The molecule has 1 atom stereocenters. The number of amides is 2. The van der Waals surface area contributed by atoms with Gasteiger partial charge < -0.3 is 15.3 Å². The van der Waals surface area contributed by atoms with Gasteiger partial charge in [0, 0.05) is 13.1 Å². The van der Waals surface area contributed by atoms with Crippen LogP contribution in [-0.4, -0.2) is 53.1 Å². The van der Waals surface area contributed by atoms with Crippen LogP contribution in [0.1, 0.15) is 46.0 Å². The fourth-order valence-electron chi connectivity index (χ4n) is 2.87. The first kappa shape index (κ1) is 18.1. The summed E-state index contributed by atoms with van der Waals surface area (Å²) in [6.07, 6.45) is 6.70. The molecular weight excluding hydrogens is 288 g/mol. The fourth-order valence-corrected chi connectivity index (χ4v) is 3.35. The second-order valence-electron chi connectivity index (χ2n) is 5.82. The predicted octanol–water partition coefficient (Wildman–Crippen LogP) is 2.80. The Hall–Kier alpha value is -0.910. The van der Waals surface area contributed by atoms with Crippen molar-refractivity contribution in [2.24, 2.45) is 5.41 Å². The van der Waals surface area contributed by atoms with Gasteiger partial charge in [-0.3, -0.25) is 0 Å². The summed E-state index contributed by atoms with van der Waals surface area (Å²) in [6, 6.07) is -1.02. The van der Waals surface area contributed by atoms with Gasteiger partial charge in [-0.2, -0.15) is 11.8 Å². The number of carbonyl (C=O) groups is 2. The lowest BCUT2D eigenvalue weighted by atomic mass is 9.74. The lowest BCUT2D eigenvalue weighted by Gasteiger charge is -2.41. The number of aliphatic carboxylic acids is 1. The fraction of sp³-hybridized carbons (Fsp3) is 0.867. The topological polar surface area (TPSA) is 69.6 Å². The summed E-state index contributed by atoms with van der Waals surface area (Å²) in [4.78, 5) is 25.1. The maximum Gasteiger partial charge on any atom is 0.326 e. The summed E-state index contributed by atoms with van der Waals surface area (Å²) in [5, 5.41) is 11.8.